The van der Waals surface area contributed by atoms with E-state index in [1.807, 2.05) is 0 Å². The van der Waals surface area contributed by atoms with Crippen LogP contribution >= 0.6 is 24.4 Å². The second kappa shape index (κ2) is 13.8. The summed E-state index contributed by atoms with van der Waals surface area (Å²) in [6.07, 6.45) is 1.60. The van der Waals surface area contributed by atoms with E-state index in [-0.39, 0.29) is 30.5 Å². The second-order valence-corrected chi connectivity index (χ2v) is 10.0. The number of ether oxygens (including phenoxy) is 3. The molecule has 1 amide bonds. The van der Waals surface area contributed by atoms with Crippen molar-refractivity contribution in [2.75, 3.05) is 45.2 Å². The summed E-state index contributed by atoms with van der Waals surface area (Å²) >= 11 is 4.77. The number of nitrogens with one attached hydrogen (secondary N) is 1. The lowest BCUT2D eigenvalue weighted by molar-refractivity contribution is -0.147. The van der Waals surface area contributed by atoms with Gasteiger partial charge in [0.25, 0.3) is 0 Å². The van der Waals surface area contributed by atoms with Gasteiger partial charge in [-0.2, -0.15) is 12.6 Å². The third-order valence-electron chi connectivity index (χ3n) is 5.03. The van der Waals surface area contributed by atoms with Crippen molar-refractivity contribution in [3.05, 3.63) is 22.1 Å². The molecule has 0 unspecified atom stereocenters. The minimum Gasteiger partial charge on any atom is -0.464 e. The number of hydrogen-bond donors (Lipinski definition) is 2. The summed E-state index contributed by atoms with van der Waals surface area (Å²) in [4.78, 5) is 50.5. The number of carbonyl (C=O) groups excluding carboxylic acids is 3. The Kier molecular flexibility index (Phi) is 11.5. The molecule has 1 aliphatic rings. The maximum Gasteiger partial charge on any atom is 0.519 e. The number of rotatable bonds is 12. The molecule has 11 nitrogen and oxygen atoms in total. The Morgan fingerprint density at radius 2 is 1.88 bits per heavy atom. The van der Waals surface area contributed by atoms with Crippen molar-refractivity contribution in [2.45, 2.75) is 51.0 Å². The van der Waals surface area contributed by atoms with Gasteiger partial charge in [-0.05, 0) is 51.9 Å². The molecular weight excluding hydrogens is 488 g/mol. The molecule has 1 saturated heterocycles. The molecule has 0 aliphatic carbocycles. The van der Waals surface area contributed by atoms with E-state index >= 15 is 0 Å². The summed E-state index contributed by atoms with van der Waals surface area (Å²) in [6, 6.07) is -0.950. The van der Waals surface area contributed by atoms with Gasteiger partial charge in [-0.15, -0.1) is 0 Å². The summed E-state index contributed by atoms with van der Waals surface area (Å²) in [5.41, 5.74) is 0. The monoisotopic (exact) mass is 520 g/mol. The summed E-state index contributed by atoms with van der Waals surface area (Å²) in [6.45, 7) is 8.70. The Morgan fingerprint density at radius 1 is 1.18 bits per heavy atom. The molecule has 0 radical (unpaired) electrons. The summed E-state index contributed by atoms with van der Waals surface area (Å²) in [7, 11) is 0. The first-order valence-electron chi connectivity index (χ1n) is 11.0. The van der Waals surface area contributed by atoms with Crippen LogP contribution in [0.5, 0.6) is 0 Å². The Balaban J connectivity index is 1.72. The lowest BCUT2D eigenvalue weighted by Crippen LogP contribution is -2.50. The lowest BCUT2D eigenvalue weighted by atomic mass is 10.2. The zero-order valence-corrected chi connectivity index (χ0v) is 21.3. The topological polar surface area (TPSA) is 138 Å². The Morgan fingerprint density at radius 3 is 2.50 bits per heavy atom. The molecule has 0 aromatic carbocycles. The molecule has 2 heterocycles. The Hall–Kier alpha value is -1.96. The predicted molar refractivity (Wildman–Crippen MR) is 127 cm³/mol. The number of aryl methyl sites for hydroxylation is 1. The highest BCUT2D eigenvalue weighted by atomic mass is 32.2. The summed E-state index contributed by atoms with van der Waals surface area (Å²) in [5.74, 6) is -1.69. The molecular formula is C21H32N2O9S2. The second-order valence-electron chi connectivity index (χ2n) is 8.12. The van der Waals surface area contributed by atoms with Crippen molar-refractivity contribution >= 4 is 41.6 Å². The van der Waals surface area contributed by atoms with Gasteiger partial charge in [-0.3, -0.25) is 9.69 Å². The van der Waals surface area contributed by atoms with E-state index in [0.717, 1.165) is 39.3 Å². The number of morpholine rings is 1. The average molecular weight is 521 g/mol. The van der Waals surface area contributed by atoms with Crippen molar-refractivity contribution in [2.24, 2.45) is 0 Å². The van der Waals surface area contributed by atoms with Gasteiger partial charge >= 0.3 is 17.1 Å². The molecule has 0 spiro atoms. The van der Waals surface area contributed by atoms with E-state index < -0.39 is 33.8 Å². The molecule has 192 valence electrons. The zero-order chi connectivity index (χ0) is 25.1. The van der Waals surface area contributed by atoms with Gasteiger partial charge in [-0.1, -0.05) is 0 Å². The fourth-order valence-corrected chi connectivity index (χ4v) is 3.89. The quantitative estimate of drug-likeness (QED) is 0.237. The van der Waals surface area contributed by atoms with Gasteiger partial charge in [0, 0.05) is 18.8 Å². The summed E-state index contributed by atoms with van der Waals surface area (Å²) in [5, 5.41) is 1.82. The number of carbonyl (C=O) groups is 3. The van der Waals surface area contributed by atoms with Crippen LogP contribution in [0.2, 0.25) is 0 Å². The van der Waals surface area contributed by atoms with E-state index in [4.69, 9.17) is 23.0 Å². The number of nitrogens with zero attached hydrogens (tertiary/aromatic N) is 1. The average Bonchev–Trinajstić information content (AvgIpc) is 3.12. The van der Waals surface area contributed by atoms with Crippen LogP contribution in [0.1, 0.15) is 38.2 Å². The largest absolute Gasteiger partial charge is 0.519 e. The predicted octanol–water partition coefficient (Wildman–Crippen LogP) is 1.76. The van der Waals surface area contributed by atoms with Gasteiger partial charge in [0.1, 0.15) is 6.04 Å². The molecule has 1 aromatic rings. The fraction of sp³-hybridized carbons (Fsp3) is 0.714. The van der Waals surface area contributed by atoms with Crippen LogP contribution in [-0.2, 0) is 30.4 Å². The van der Waals surface area contributed by atoms with Gasteiger partial charge in [0.05, 0.1) is 24.6 Å². The highest BCUT2D eigenvalue weighted by Crippen LogP contribution is 2.27. The van der Waals surface area contributed by atoms with Crippen LogP contribution < -0.4 is 11.1 Å². The fourth-order valence-electron chi connectivity index (χ4n) is 2.96. The first-order chi connectivity index (χ1) is 16.1. The van der Waals surface area contributed by atoms with Crippen LogP contribution in [0.25, 0.3) is 0 Å². The molecule has 1 atom stereocenters. The van der Waals surface area contributed by atoms with Crippen LogP contribution in [0, 0.1) is 6.92 Å². The maximum atomic E-state index is 12.7. The molecule has 0 bridgehead atoms. The molecule has 1 fully saturated rings. The van der Waals surface area contributed by atoms with E-state index in [1.165, 1.54) is 20.8 Å². The first-order valence-corrected chi connectivity index (χ1v) is 12.4. The number of thioether (sulfide) groups is 1. The van der Waals surface area contributed by atoms with E-state index in [9.17, 15) is 19.2 Å². The summed E-state index contributed by atoms with van der Waals surface area (Å²) < 4.78 is 23.8. The van der Waals surface area contributed by atoms with Crippen LogP contribution in [0.15, 0.2) is 13.6 Å². The molecule has 2 rings (SSSR count). The molecule has 34 heavy (non-hydrogen) atoms. The zero-order valence-electron chi connectivity index (χ0n) is 19.6. The highest BCUT2D eigenvalue weighted by molar-refractivity contribution is 8.15. The number of unbranched alkanes of at least 4 members (excludes halogenated alkanes) is 1. The molecule has 1 N–H and O–H groups in total. The minimum atomic E-state index is -1.25. The maximum absolute atomic E-state index is 12.7. The number of hydrogen-bond acceptors (Lipinski definition) is 12. The Bertz CT molecular complexity index is 878. The van der Waals surface area contributed by atoms with Crippen molar-refractivity contribution < 1.29 is 37.4 Å². The van der Waals surface area contributed by atoms with Gasteiger partial charge in [0.15, 0.2) is 18.1 Å². The third-order valence-corrected chi connectivity index (χ3v) is 6.38. The number of amides is 1. The van der Waals surface area contributed by atoms with Crippen molar-refractivity contribution in [3.8, 4) is 0 Å². The highest BCUT2D eigenvalue weighted by Gasteiger charge is 2.35. The molecule has 1 aliphatic heterocycles. The first kappa shape index (κ1) is 28.3. The van der Waals surface area contributed by atoms with Crippen LogP contribution in [0.3, 0.4) is 0 Å². The third kappa shape index (κ3) is 9.35. The van der Waals surface area contributed by atoms with E-state index in [2.05, 4.69) is 22.8 Å². The van der Waals surface area contributed by atoms with Crippen molar-refractivity contribution in [1.82, 2.24) is 10.2 Å². The smallest absolute Gasteiger partial charge is 0.464 e. The standard InChI is InChI=1S/C21H32N2O9S2/c1-14-16(32-19(26)31-14)12-30-20(27)34-21(2,3)18(25)22-15(13-33)17(24)29-9-5-4-6-23-7-10-28-11-8-23/h15,33H,4-13H2,1-3H3,(H,22,25)/t15-/m0/s1. The van der Waals surface area contributed by atoms with Gasteiger partial charge in [-0.25, -0.2) is 14.4 Å². The van der Waals surface area contributed by atoms with Crippen molar-refractivity contribution in [3.63, 3.8) is 0 Å². The van der Waals surface area contributed by atoms with E-state index in [0.29, 0.717) is 18.2 Å². The molecule has 1 aromatic heterocycles. The van der Waals surface area contributed by atoms with Gasteiger partial charge < -0.3 is 28.4 Å². The normalized spacial score (nSPS) is 15.5. The molecule has 13 heteroatoms. The van der Waals surface area contributed by atoms with E-state index in [1.54, 1.807) is 0 Å². The van der Waals surface area contributed by atoms with Crippen LogP contribution in [-0.4, -0.2) is 78.1 Å². The SMILES string of the molecule is Cc1oc(=O)oc1COC(=O)SC(C)(C)C(=O)N[C@@H](CS)C(=O)OCCCCN1CCOCC1. The molecule has 0 saturated carbocycles. The van der Waals surface area contributed by atoms with Gasteiger partial charge in [0.2, 0.25) is 5.91 Å². The van der Waals surface area contributed by atoms with Crippen molar-refractivity contribution in [1.29, 1.82) is 0 Å². The minimum absolute atomic E-state index is 0.0440. The number of esters is 1. The Labute approximate surface area is 207 Å². The van der Waals surface area contributed by atoms with Crippen LogP contribution in [0.4, 0.5) is 4.79 Å². The number of thiol groups is 1. The lowest BCUT2D eigenvalue weighted by Gasteiger charge is -2.26.